The average Bonchev–Trinajstić information content (AvgIpc) is 3.01. The summed E-state index contributed by atoms with van der Waals surface area (Å²) in [5, 5.41) is 11.8. The van der Waals surface area contributed by atoms with E-state index in [9.17, 15) is 4.79 Å². The molecule has 7 nitrogen and oxygen atoms in total. The van der Waals surface area contributed by atoms with Crippen molar-refractivity contribution in [2.45, 2.75) is 18.6 Å². The molecule has 0 atom stereocenters. The number of rotatable bonds is 7. The number of hydrogen-bond donors (Lipinski definition) is 1. The number of aromatic nitrogens is 4. The Morgan fingerprint density at radius 1 is 1.19 bits per heavy atom. The van der Waals surface area contributed by atoms with E-state index < -0.39 is 0 Å². The van der Waals surface area contributed by atoms with Crippen molar-refractivity contribution < 1.29 is 9.53 Å². The second kappa shape index (κ2) is 8.48. The molecule has 26 heavy (non-hydrogen) atoms. The molecular formula is C18H19N5O2S. The summed E-state index contributed by atoms with van der Waals surface area (Å²) in [5.74, 6) is 1.25. The summed E-state index contributed by atoms with van der Waals surface area (Å²) < 4.78 is 7.14. The lowest BCUT2D eigenvalue weighted by Crippen LogP contribution is -2.15. The number of benzene rings is 1. The van der Waals surface area contributed by atoms with Crippen molar-refractivity contribution in [3.8, 4) is 5.88 Å². The van der Waals surface area contributed by atoms with E-state index in [1.807, 2.05) is 29.7 Å². The Kier molecular flexibility index (Phi) is 5.85. The van der Waals surface area contributed by atoms with Gasteiger partial charge in [-0.1, -0.05) is 42.1 Å². The van der Waals surface area contributed by atoms with Crippen molar-refractivity contribution in [1.29, 1.82) is 0 Å². The van der Waals surface area contributed by atoms with Gasteiger partial charge in [0.15, 0.2) is 5.16 Å². The molecule has 0 fully saturated rings. The van der Waals surface area contributed by atoms with Crippen molar-refractivity contribution in [2.75, 3.05) is 18.2 Å². The maximum atomic E-state index is 12.3. The standard InChI is InChI=1S/C18H19N5O2S/c1-13-21-22-18(23(13)11-14-7-4-3-5-8-14)26-12-16(24)20-15-9-6-10-19-17(15)25-2/h3-10H,11-12H2,1-2H3,(H,20,24). The Bertz CT molecular complexity index is 882. The van der Waals surface area contributed by atoms with Crippen LogP contribution in [0.4, 0.5) is 5.69 Å². The van der Waals surface area contributed by atoms with Crippen molar-refractivity contribution in [3.63, 3.8) is 0 Å². The molecule has 0 radical (unpaired) electrons. The molecule has 1 aromatic carbocycles. The van der Waals surface area contributed by atoms with Crippen molar-refractivity contribution in [2.24, 2.45) is 0 Å². The number of amides is 1. The van der Waals surface area contributed by atoms with Crippen LogP contribution in [0.3, 0.4) is 0 Å². The highest BCUT2D eigenvalue weighted by atomic mass is 32.2. The van der Waals surface area contributed by atoms with E-state index in [1.165, 1.54) is 18.9 Å². The fourth-order valence-electron chi connectivity index (χ4n) is 2.38. The maximum absolute atomic E-state index is 12.3. The summed E-state index contributed by atoms with van der Waals surface area (Å²) in [6.45, 7) is 2.57. The lowest BCUT2D eigenvalue weighted by molar-refractivity contribution is -0.113. The third kappa shape index (κ3) is 4.40. The molecular weight excluding hydrogens is 350 g/mol. The number of hydrogen-bond acceptors (Lipinski definition) is 6. The first-order chi connectivity index (χ1) is 12.7. The Hall–Kier alpha value is -2.87. The van der Waals surface area contributed by atoms with Gasteiger partial charge < -0.3 is 14.6 Å². The van der Waals surface area contributed by atoms with Crippen LogP contribution in [0.2, 0.25) is 0 Å². The predicted molar refractivity (Wildman–Crippen MR) is 100 cm³/mol. The van der Waals surface area contributed by atoms with Gasteiger partial charge >= 0.3 is 0 Å². The topological polar surface area (TPSA) is 81.9 Å². The molecule has 0 aliphatic rings. The number of pyridine rings is 1. The summed E-state index contributed by atoms with van der Waals surface area (Å²) in [6, 6.07) is 13.6. The number of methoxy groups -OCH3 is 1. The summed E-state index contributed by atoms with van der Waals surface area (Å²) in [4.78, 5) is 16.3. The van der Waals surface area contributed by atoms with E-state index in [0.717, 1.165) is 11.4 Å². The third-order valence-corrected chi connectivity index (χ3v) is 4.62. The number of aryl methyl sites for hydroxylation is 1. The normalized spacial score (nSPS) is 10.5. The Morgan fingerprint density at radius 2 is 2.00 bits per heavy atom. The second-order valence-electron chi connectivity index (χ2n) is 5.50. The highest BCUT2D eigenvalue weighted by Gasteiger charge is 2.13. The number of anilines is 1. The lowest BCUT2D eigenvalue weighted by atomic mass is 10.2. The van der Waals surface area contributed by atoms with E-state index in [-0.39, 0.29) is 11.7 Å². The van der Waals surface area contributed by atoms with Gasteiger partial charge in [0.25, 0.3) is 0 Å². The van der Waals surface area contributed by atoms with Gasteiger partial charge in [0.1, 0.15) is 11.5 Å². The van der Waals surface area contributed by atoms with E-state index in [4.69, 9.17) is 4.74 Å². The van der Waals surface area contributed by atoms with E-state index in [0.29, 0.717) is 23.3 Å². The average molecular weight is 369 g/mol. The molecule has 1 amide bonds. The van der Waals surface area contributed by atoms with Gasteiger partial charge in [-0.05, 0) is 24.6 Å². The van der Waals surface area contributed by atoms with Crippen molar-refractivity contribution >= 4 is 23.4 Å². The minimum atomic E-state index is -0.159. The molecule has 134 valence electrons. The Balaban J connectivity index is 1.64. The van der Waals surface area contributed by atoms with E-state index in [1.54, 1.807) is 18.3 Å². The minimum Gasteiger partial charge on any atom is -0.480 e. The number of nitrogens with one attached hydrogen (secondary N) is 1. The predicted octanol–water partition coefficient (Wildman–Crippen LogP) is 2.77. The molecule has 2 aromatic heterocycles. The quantitative estimate of drug-likeness (QED) is 0.645. The van der Waals surface area contributed by atoms with Gasteiger partial charge in [-0.15, -0.1) is 10.2 Å². The van der Waals surface area contributed by atoms with Gasteiger partial charge in [0.2, 0.25) is 11.8 Å². The van der Waals surface area contributed by atoms with Crippen LogP contribution in [0, 0.1) is 6.92 Å². The van der Waals surface area contributed by atoms with Crippen LogP contribution in [-0.4, -0.2) is 38.5 Å². The van der Waals surface area contributed by atoms with Crippen LogP contribution in [0.1, 0.15) is 11.4 Å². The molecule has 0 saturated carbocycles. The van der Waals surface area contributed by atoms with Crippen LogP contribution in [0.5, 0.6) is 5.88 Å². The fraction of sp³-hybridized carbons (Fsp3) is 0.222. The summed E-state index contributed by atoms with van der Waals surface area (Å²) in [6.07, 6.45) is 1.61. The van der Waals surface area contributed by atoms with E-state index in [2.05, 4.69) is 32.6 Å². The second-order valence-corrected chi connectivity index (χ2v) is 6.44. The van der Waals surface area contributed by atoms with Crippen molar-refractivity contribution in [1.82, 2.24) is 19.7 Å². The monoisotopic (exact) mass is 369 g/mol. The van der Waals surface area contributed by atoms with Gasteiger partial charge in [0, 0.05) is 6.20 Å². The molecule has 1 N–H and O–H groups in total. The highest BCUT2D eigenvalue weighted by Crippen LogP contribution is 2.22. The molecule has 2 heterocycles. The molecule has 0 saturated heterocycles. The Morgan fingerprint density at radius 3 is 2.77 bits per heavy atom. The first-order valence-electron chi connectivity index (χ1n) is 8.02. The Labute approximate surface area is 155 Å². The van der Waals surface area contributed by atoms with Crippen LogP contribution in [0.25, 0.3) is 0 Å². The largest absolute Gasteiger partial charge is 0.480 e. The van der Waals surface area contributed by atoms with Gasteiger partial charge in [-0.25, -0.2) is 4.98 Å². The number of nitrogens with zero attached hydrogens (tertiary/aromatic N) is 4. The van der Waals surface area contributed by atoms with Gasteiger partial charge in [-0.3, -0.25) is 4.79 Å². The van der Waals surface area contributed by atoms with Crippen LogP contribution in [-0.2, 0) is 11.3 Å². The fourth-order valence-corrected chi connectivity index (χ4v) is 3.16. The third-order valence-electron chi connectivity index (χ3n) is 3.66. The zero-order valence-electron chi connectivity index (χ0n) is 14.5. The maximum Gasteiger partial charge on any atom is 0.237 e. The zero-order valence-corrected chi connectivity index (χ0v) is 15.4. The smallest absolute Gasteiger partial charge is 0.237 e. The molecule has 0 bridgehead atoms. The number of ether oxygens (including phenoxy) is 1. The number of thioether (sulfide) groups is 1. The SMILES string of the molecule is COc1ncccc1NC(=O)CSc1nnc(C)n1Cc1ccccc1. The molecule has 0 spiro atoms. The molecule has 0 unspecified atom stereocenters. The van der Waals surface area contributed by atoms with Gasteiger partial charge in [-0.2, -0.15) is 0 Å². The summed E-state index contributed by atoms with van der Waals surface area (Å²) >= 11 is 1.34. The highest BCUT2D eigenvalue weighted by molar-refractivity contribution is 7.99. The molecule has 0 aliphatic heterocycles. The minimum absolute atomic E-state index is 0.159. The van der Waals surface area contributed by atoms with Crippen LogP contribution < -0.4 is 10.1 Å². The van der Waals surface area contributed by atoms with Gasteiger partial charge in [0.05, 0.1) is 19.4 Å². The van der Waals surface area contributed by atoms with Crippen LogP contribution in [0.15, 0.2) is 53.8 Å². The van der Waals surface area contributed by atoms with Crippen molar-refractivity contribution in [3.05, 3.63) is 60.0 Å². The number of carbonyl (C=O) groups is 1. The molecule has 8 heteroatoms. The first kappa shape index (κ1) is 17.9. The molecule has 3 rings (SSSR count). The van der Waals surface area contributed by atoms with Crippen LogP contribution >= 0.6 is 11.8 Å². The zero-order chi connectivity index (χ0) is 18.4. The lowest BCUT2D eigenvalue weighted by Gasteiger charge is -2.10. The summed E-state index contributed by atoms with van der Waals surface area (Å²) in [7, 11) is 1.52. The summed E-state index contributed by atoms with van der Waals surface area (Å²) in [5.41, 5.74) is 1.70. The molecule has 3 aromatic rings. The molecule has 0 aliphatic carbocycles. The van der Waals surface area contributed by atoms with E-state index >= 15 is 0 Å². The first-order valence-corrected chi connectivity index (χ1v) is 9.01. The number of carbonyl (C=O) groups excluding carboxylic acids is 1.